The molecule has 4 nitrogen and oxygen atoms in total. The van der Waals surface area contributed by atoms with Crippen molar-refractivity contribution in [1.29, 1.82) is 0 Å². The molecule has 7 heteroatoms. The van der Waals surface area contributed by atoms with Crippen molar-refractivity contribution in [3.8, 4) is 5.75 Å². The molecule has 0 saturated carbocycles. The molecule has 134 valence electrons. The zero-order valence-corrected chi connectivity index (χ0v) is 13.6. The first-order valence-corrected chi connectivity index (χ1v) is 7.62. The summed E-state index contributed by atoms with van der Waals surface area (Å²) in [5.41, 5.74) is 5.87. The Balaban J connectivity index is 2.02. The molecule has 0 fully saturated rings. The van der Waals surface area contributed by atoms with Gasteiger partial charge in [0.25, 0.3) is 0 Å². The highest BCUT2D eigenvalue weighted by atomic mass is 19.4. The van der Waals surface area contributed by atoms with Crippen molar-refractivity contribution in [1.82, 2.24) is 5.32 Å². The zero-order chi connectivity index (χ0) is 18.4. The van der Waals surface area contributed by atoms with Gasteiger partial charge in [0, 0.05) is 19.0 Å². The predicted molar refractivity (Wildman–Crippen MR) is 87.8 cm³/mol. The van der Waals surface area contributed by atoms with E-state index in [1.165, 1.54) is 19.2 Å². The third kappa shape index (κ3) is 5.22. The summed E-state index contributed by atoms with van der Waals surface area (Å²) >= 11 is 0. The van der Waals surface area contributed by atoms with Crippen LogP contribution in [0.4, 0.5) is 13.2 Å². The molecule has 1 atom stereocenters. The van der Waals surface area contributed by atoms with Gasteiger partial charge in [-0.05, 0) is 23.3 Å². The van der Waals surface area contributed by atoms with Crippen molar-refractivity contribution in [3.05, 3.63) is 65.2 Å². The number of amides is 1. The number of carbonyl (C=O) groups excluding carboxylic acids is 1. The lowest BCUT2D eigenvalue weighted by atomic mass is 10.0. The molecule has 1 amide bonds. The molecule has 2 aromatic rings. The van der Waals surface area contributed by atoms with Crippen molar-refractivity contribution in [2.45, 2.75) is 25.2 Å². The molecule has 0 bridgehead atoms. The number of nitrogens with two attached hydrogens (primary N) is 1. The van der Waals surface area contributed by atoms with Gasteiger partial charge in [-0.3, -0.25) is 4.79 Å². The molecular formula is C18H19F3N2O2. The third-order valence-corrected chi connectivity index (χ3v) is 3.73. The molecule has 0 aliphatic rings. The van der Waals surface area contributed by atoms with E-state index in [1.54, 1.807) is 24.3 Å². The fourth-order valence-corrected chi connectivity index (χ4v) is 2.38. The maximum atomic E-state index is 13.1. The number of hydrogen-bond acceptors (Lipinski definition) is 3. The zero-order valence-electron chi connectivity index (χ0n) is 13.6. The van der Waals surface area contributed by atoms with E-state index < -0.39 is 23.7 Å². The van der Waals surface area contributed by atoms with E-state index >= 15 is 0 Å². The SMILES string of the molecule is COc1ccc(CNC(=O)CC(N)c2ccccc2)c(C(F)(F)F)c1. The standard InChI is InChI=1S/C18H19F3N2O2/c1-25-14-8-7-13(15(9-14)18(19,20)21)11-23-17(24)10-16(22)12-5-3-2-4-6-12/h2-9,16H,10-11,22H2,1H3,(H,23,24). The summed E-state index contributed by atoms with van der Waals surface area (Å²) in [7, 11) is 1.29. The van der Waals surface area contributed by atoms with Gasteiger partial charge in [-0.25, -0.2) is 0 Å². The van der Waals surface area contributed by atoms with Gasteiger partial charge in [-0.2, -0.15) is 13.2 Å². The van der Waals surface area contributed by atoms with Gasteiger partial charge in [-0.1, -0.05) is 36.4 Å². The van der Waals surface area contributed by atoms with Crippen LogP contribution < -0.4 is 15.8 Å². The monoisotopic (exact) mass is 352 g/mol. The molecule has 0 radical (unpaired) electrons. The molecule has 0 aromatic heterocycles. The average molecular weight is 352 g/mol. The largest absolute Gasteiger partial charge is 0.497 e. The molecule has 0 heterocycles. The Morgan fingerprint density at radius 2 is 1.88 bits per heavy atom. The molecule has 2 aromatic carbocycles. The quantitative estimate of drug-likeness (QED) is 0.837. The van der Waals surface area contributed by atoms with E-state index in [-0.39, 0.29) is 24.3 Å². The minimum absolute atomic E-state index is 0.0124. The van der Waals surface area contributed by atoms with Crippen LogP contribution in [0.1, 0.15) is 29.2 Å². The van der Waals surface area contributed by atoms with Crippen LogP contribution in [0.2, 0.25) is 0 Å². The summed E-state index contributed by atoms with van der Waals surface area (Å²) in [5, 5.41) is 2.49. The minimum Gasteiger partial charge on any atom is -0.497 e. The average Bonchev–Trinajstić information content (AvgIpc) is 2.59. The molecule has 0 saturated heterocycles. The van der Waals surface area contributed by atoms with Gasteiger partial charge >= 0.3 is 6.18 Å². The first-order valence-electron chi connectivity index (χ1n) is 7.62. The number of carbonyl (C=O) groups is 1. The van der Waals surface area contributed by atoms with Crippen molar-refractivity contribution in [3.63, 3.8) is 0 Å². The van der Waals surface area contributed by atoms with Gasteiger partial charge in [0.2, 0.25) is 5.91 Å². The number of rotatable bonds is 6. The topological polar surface area (TPSA) is 64.3 Å². The molecule has 2 rings (SSSR count). The lowest BCUT2D eigenvalue weighted by Gasteiger charge is -2.16. The van der Waals surface area contributed by atoms with Crippen molar-refractivity contribution in [2.24, 2.45) is 5.73 Å². The molecule has 25 heavy (non-hydrogen) atoms. The summed E-state index contributed by atoms with van der Waals surface area (Å²) in [4.78, 5) is 12.0. The van der Waals surface area contributed by atoms with Crippen LogP contribution in [0, 0.1) is 0 Å². The highest BCUT2D eigenvalue weighted by Gasteiger charge is 2.33. The number of hydrogen-bond donors (Lipinski definition) is 2. The Labute approximate surface area is 143 Å². The van der Waals surface area contributed by atoms with Crippen LogP contribution in [0.5, 0.6) is 5.75 Å². The number of methoxy groups -OCH3 is 1. The van der Waals surface area contributed by atoms with Crippen LogP contribution in [0.3, 0.4) is 0 Å². The van der Waals surface area contributed by atoms with Crippen LogP contribution >= 0.6 is 0 Å². The predicted octanol–water partition coefficient (Wildman–Crippen LogP) is 3.42. The summed E-state index contributed by atoms with van der Waals surface area (Å²) in [5.74, 6) is -0.311. The smallest absolute Gasteiger partial charge is 0.416 e. The lowest BCUT2D eigenvalue weighted by Crippen LogP contribution is -2.28. The summed E-state index contributed by atoms with van der Waals surface area (Å²) in [6.45, 7) is -0.237. The Bertz CT molecular complexity index is 718. The first-order chi connectivity index (χ1) is 11.8. The van der Waals surface area contributed by atoms with E-state index in [9.17, 15) is 18.0 Å². The van der Waals surface area contributed by atoms with Gasteiger partial charge in [0.15, 0.2) is 0 Å². The maximum Gasteiger partial charge on any atom is 0.416 e. The normalized spacial score (nSPS) is 12.5. The Hall–Kier alpha value is -2.54. The Morgan fingerprint density at radius 1 is 1.20 bits per heavy atom. The fourth-order valence-electron chi connectivity index (χ4n) is 2.38. The van der Waals surface area contributed by atoms with E-state index in [0.717, 1.165) is 11.6 Å². The van der Waals surface area contributed by atoms with Crippen LogP contribution in [-0.4, -0.2) is 13.0 Å². The highest BCUT2D eigenvalue weighted by Crippen LogP contribution is 2.34. The molecule has 0 spiro atoms. The number of benzene rings is 2. The molecule has 0 aliphatic heterocycles. The molecule has 3 N–H and O–H groups in total. The fraction of sp³-hybridized carbons (Fsp3) is 0.278. The molecule has 0 aliphatic carbocycles. The molecule has 1 unspecified atom stereocenters. The number of ether oxygens (including phenoxy) is 1. The van der Waals surface area contributed by atoms with Gasteiger partial charge in [0.1, 0.15) is 5.75 Å². The van der Waals surface area contributed by atoms with Crippen LogP contribution in [0.25, 0.3) is 0 Å². The summed E-state index contributed by atoms with van der Waals surface area (Å²) < 4.78 is 44.2. The molecular weight excluding hydrogens is 333 g/mol. The Morgan fingerprint density at radius 3 is 2.48 bits per heavy atom. The van der Waals surface area contributed by atoms with Gasteiger partial charge < -0.3 is 15.8 Å². The van der Waals surface area contributed by atoms with E-state index in [4.69, 9.17) is 10.5 Å². The number of nitrogens with one attached hydrogen (secondary N) is 1. The van der Waals surface area contributed by atoms with Crippen molar-refractivity contribution >= 4 is 5.91 Å². The van der Waals surface area contributed by atoms with Crippen molar-refractivity contribution < 1.29 is 22.7 Å². The minimum atomic E-state index is -4.53. The number of alkyl halides is 3. The third-order valence-electron chi connectivity index (χ3n) is 3.73. The number of halogens is 3. The first kappa shape index (κ1) is 18.8. The van der Waals surface area contributed by atoms with Crippen molar-refractivity contribution in [2.75, 3.05) is 7.11 Å². The highest BCUT2D eigenvalue weighted by molar-refractivity contribution is 5.76. The van der Waals surface area contributed by atoms with Crippen LogP contribution in [0.15, 0.2) is 48.5 Å². The van der Waals surface area contributed by atoms with E-state index in [0.29, 0.717) is 0 Å². The maximum absolute atomic E-state index is 13.1. The van der Waals surface area contributed by atoms with Crippen LogP contribution in [-0.2, 0) is 17.5 Å². The van der Waals surface area contributed by atoms with Gasteiger partial charge in [-0.15, -0.1) is 0 Å². The Kier molecular flexibility index (Phi) is 6.03. The second kappa shape index (κ2) is 8.02. The lowest BCUT2D eigenvalue weighted by molar-refractivity contribution is -0.138. The summed E-state index contributed by atoms with van der Waals surface area (Å²) in [6, 6.07) is 12.1. The van der Waals surface area contributed by atoms with E-state index in [2.05, 4.69) is 5.32 Å². The van der Waals surface area contributed by atoms with E-state index in [1.807, 2.05) is 6.07 Å². The summed E-state index contributed by atoms with van der Waals surface area (Å²) in [6.07, 6.45) is -4.55. The second-order valence-electron chi connectivity index (χ2n) is 5.52. The second-order valence-corrected chi connectivity index (χ2v) is 5.52. The van der Waals surface area contributed by atoms with Gasteiger partial charge in [0.05, 0.1) is 12.7 Å².